The van der Waals surface area contributed by atoms with Crippen LogP contribution in [0.3, 0.4) is 0 Å². The number of hydrogen-bond donors (Lipinski definition) is 1. The maximum atomic E-state index is 11.9. The van der Waals surface area contributed by atoms with Crippen molar-refractivity contribution in [3.63, 3.8) is 0 Å². The number of halogens is 1. The summed E-state index contributed by atoms with van der Waals surface area (Å²) in [6, 6.07) is 4.03. The van der Waals surface area contributed by atoms with Crippen LogP contribution >= 0.6 is 22.9 Å². The summed E-state index contributed by atoms with van der Waals surface area (Å²) < 4.78 is 0.832. The van der Waals surface area contributed by atoms with Gasteiger partial charge in [0.1, 0.15) is 0 Å². The van der Waals surface area contributed by atoms with Crippen molar-refractivity contribution in [2.75, 3.05) is 46.3 Å². The van der Waals surface area contributed by atoms with E-state index in [9.17, 15) is 9.59 Å². The molecule has 1 aromatic rings. The van der Waals surface area contributed by atoms with Crippen LogP contribution in [0, 0.1) is 0 Å². The molecule has 0 saturated carbocycles. The van der Waals surface area contributed by atoms with Gasteiger partial charge in [-0.15, -0.1) is 11.3 Å². The number of carbonyl (C=O) groups is 2. The highest BCUT2D eigenvalue weighted by Gasteiger charge is 2.26. The molecule has 0 bridgehead atoms. The molecule has 1 aromatic heterocycles. The Kier molecular flexibility index (Phi) is 7.09. The van der Waals surface area contributed by atoms with E-state index in [0.29, 0.717) is 32.4 Å². The standard InChI is InChI=1S/C18H26ClN5O2S/c1-20-18(21-7-8-24-16(25)3-2-4-17(24)26)23-11-9-22(10-12-23)13-14-5-6-15(19)27-14/h5-6H,2-4,7-13H2,1H3,(H,20,21). The Morgan fingerprint density at radius 2 is 1.89 bits per heavy atom. The largest absolute Gasteiger partial charge is 0.354 e. The number of piperidine rings is 1. The van der Waals surface area contributed by atoms with Crippen LogP contribution in [0.2, 0.25) is 4.34 Å². The second-order valence-electron chi connectivity index (χ2n) is 6.74. The van der Waals surface area contributed by atoms with E-state index in [1.807, 2.05) is 6.07 Å². The Morgan fingerprint density at radius 3 is 2.48 bits per heavy atom. The van der Waals surface area contributed by atoms with Crippen molar-refractivity contribution in [1.82, 2.24) is 20.0 Å². The zero-order valence-electron chi connectivity index (χ0n) is 15.6. The van der Waals surface area contributed by atoms with E-state index >= 15 is 0 Å². The van der Waals surface area contributed by atoms with E-state index in [-0.39, 0.29) is 11.8 Å². The van der Waals surface area contributed by atoms with E-state index in [1.54, 1.807) is 18.4 Å². The molecule has 2 fully saturated rings. The number of amides is 2. The van der Waals surface area contributed by atoms with E-state index in [0.717, 1.165) is 43.0 Å². The summed E-state index contributed by atoms with van der Waals surface area (Å²) in [5, 5.41) is 3.29. The summed E-state index contributed by atoms with van der Waals surface area (Å²) in [6.45, 7) is 5.55. The minimum Gasteiger partial charge on any atom is -0.354 e. The third-order valence-electron chi connectivity index (χ3n) is 4.89. The molecule has 3 rings (SSSR count). The highest BCUT2D eigenvalue weighted by atomic mass is 35.5. The second kappa shape index (κ2) is 9.52. The number of rotatable bonds is 5. The molecule has 0 aromatic carbocycles. The lowest BCUT2D eigenvalue weighted by Crippen LogP contribution is -2.53. The first-order valence-corrected chi connectivity index (χ1v) is 10.5. The highest BCUT2D eigenvalue weighted by Crippen LogP contribution is 2.23. The van der Waals surface area contributed by atoms with Gasteiger partial charge in [-0.1, -0.05) is 11.6 Å². The number of imide groups is 1. The van der Waals surface area contributed by atoms with Crippen LogP contribution in [0.25, 0.3) is 0 Å². The van der Waals surface area contributed by atoms with Gasteiger partial charge in [-0.3, -0.25) is 24.4 Å². The average Bonchev–Trinajstić information content (AvgIpc) is 3.06. The summed E-state index contributed by atoms with van der Waals surface area (Å²) in [7, 11) is 1.76. The zero-order chi connectivity index (χ0) is 19.2. The lowest BCUT2D eigenvalue weighted by atomic mass is 10.1. The zero-order valence-corrected chi connectivity index (χ0v) is 17.2. The van der Waals surface area contributed by atoms with Gasteiger partial charge in [0.2, 0.25) is 11.8 Å². The molecule has 0 aliphatic carbocycles. The number of likely N-dealkylation sites (tertiary alicyclic amines) is 1. The molecule has 0 unspecified atom stereocenters. The summed E-state index contributed by atoms with van der Waals surface area (Å²) in [4.78, 5) is 35.4. The van der Waals surface area contributed by atoms with Crippen molar-refractivity contribution < 1.29 is 9.59 Å². The maximum absolute atomic E-state index is 11.9. The van der Waals surface area contributed by atoms with Crippen molar-refractivity contribution in [2.24, 2.45) is 4.99 Å². The van der Waals surface area contributed by atoms with Gasteiger partial charge in [-0.25, -0.2) is 0 Å². The van der Waals surface area contributed by atoms with E-state index in [4.69, 9.17) is 11.6 Å². The number of piperazine rings is 1. The van der Waals surface area contributed by atoms with Crippen molar-refractivity contribution >= 4 is 40.7 Å². The number of aliphatic imine (C=N–C) groups is 1. The number of nitrogens with zero attached hydrogens (tertiary/aromatic N) is 4. The molecule has 2 amide bonds. The van der Waals surface area contributed by atoms with Gasteiger partial charge in [0.25, 0.3) is 0 Å². The molecule has 2 saturated heterocycles. The lowest BCUT2D eigenvalue weighted by molar-refractivity contribution is -0.147. The smallest absolute Gasteiger partial charge is 0.229 e. The quantitative estimate of drug-likeness (QED) is 0.453. The first kappa shape index (κ1) is 20.1. The van der Waals surface area contributed by atoms with Crippen molar-refractivity contribution in [2.45, 2.75) is 25.8 Å². The SMILES string of the molecule is CN=C(NCCN1C(=O)CCCC1=O)N1CCN(Cc2ccc(Cl)s2)CC1. The Hall–Kier alpha value is -1.64. The second-order valence-corrected chi connectivity index (χ2v) is 8.54. The van der Waals surface area contributed by atoms with Crippen LogP contribution in [0.15, 0.2) is 17.1 Å². The fourth-order valence-corrected chi connectivity index (χ4v) is 4.57. The fraction of sp³-hybridized carbons (Fsp3) is 0.611. The van der Waals surface area contributed by atoms with Gasteiger partial charge in [-0.05, 0) is 18.6 Å². The lowest BCUT2D eigenvalue weighted by Gasteiger charge is -2.36. The van der Waals surface area contributed by atoms with Crippen molar-refractivity contribution in [1.29, 1.82) is 0 Å². The predicted octanol–water partition coefficient (Wildman–Crippen LogP) is 1.63. The molecule has 0 spiro atoms. The van der Waals surface area contributed by atoms with Gasteiger partial charge >= 0.3 is 0 Å². The van der Waals surface area contributed by atoms with Crippen LogP contribution in [0.4, 0.5) is 0 Å². The topological polar surface area (TPSA) is 68.2 Å². The Bertz CT molecular complexity index is 684. The molecule has 7 nitrogen and oxygen atoms in total. The summed E-state index contributed by atoms with van der Waals surface area (Å²) in [5.41, 5.74) is 0. The molecular formula is C18H26ClN5O2S. The third kappa shape index (κ3) is 5.43. The van der Waals surface area contributed by atoms with Gasteiger partial charge in [0.15, 0.2) is 5.96 Å². The van der Waals surface area contributed by atoms with Gasteiger partial charge in [-0.2, -0.15) is 0 Å². The molecule has 9 heteroatoms. The molecule has 0 atom stereocenters. The average molecular weight is 412 g/mol. The molecular weight excluding hydrogens is 386 g/mol. The molecule has 3 heterocycles. The minimum absolute atomic E-state index is 0.0645. The Labute approximate surface area is 169 Å². The van der Waals surface area contributed by atoms with Crippen LogP contribution < -0.4 is 5.32 Å². The number of carbonyl (C=O) groups excluding carboxylic acids is 2. The molecule has 1 N–H and O–H groups in total. The fourth-order valence-electron chi connectivity index (χ4n) is 3.44. The van der Waals surface area contributed by atoms with Crippen LogP contribution in [-0.2, 0) is 16.1 Å². The third-order valence-corrected chi connectivity index (χ3v) is 6.11. The van der Waals surface area contributed by atoms with Crippen molar-refractivity contribution in [3.8, 4) is 0 Å². The first-order chi connectivity index (χ1) is 13.1. The molecule has 148 valence electrons. The Balaban J connectivity index is 1.42. The van der Waals surface area contributed by atoms with Crippen LogP contribution in [0.5, 0.6) is 0 Å². The van der Waals surface area contributed by atoms with Crippen molar-refractivity contribution in [3.05, 3.63) is 21.3 Å². The van der Waals surface area contributed by atoms with Crippen LogP contribution in [0.1, 0.15) is 24.1 Å². The number of guanidine groups is 1. The number of hydrogen-bond acceptors (Lipinski definition) is 5. The van der Waals surface area contributed by atoms with Gasteiger partial charge in [0, 0.05) is 70.6 Å². The number of thiophene rings is 1. The van der Waals surface area contributed by atoms with E-state index in [2.05, 4.69) is 26.2 Å². The monoisotopic (exact) mass is 411 g/mol. The first-order valence-electron chi connectivity index (χ1n) is 9.32. The maximum Gasteiger partial charge on any atom is 0.229 e. The van der Waals surface area contributed by atoms with E-state index in [1.165, 1.54) is 9.78 Å². The summed E-state index contributed by atoms with van der Waals surface area (Å²) >= 11 is 7.64. The van der Waals surface area contributed by atoms with Gasteiger partial charge in [0.05, 0.1) is 4.34 Å². The van der Waals surface area contributed by atoms with Gasteiger partial charge < -0.3 is 10.2 Å². The minimum atomic E-state index is -0.0645. The highest BCUT2D eigenvalue weighted by molar-refractivity contribution is 7.16. The molecule has 0 radical (unpaired) electrons. The molecule has 2 aliphatic rings. The molecule has 27 heavy (non-hydrogen) atoms. The molecule has 2 aliphatic heterocycles. The number of nitrogens with one attached hydrogen (secondary N) is 1. The normalized spacial score (nSPS) is 19.7. The van der Waals surface area contributed by atoms with E-state index < -0.39 is 0 Å². The summed E-state index contributed by atoms with van der Waals surface area (Å²) in [6.07, 6.45) is 1.61. The summed E-state index contributed by atoms with van der Waals surface area (Å²) in [5.74, 6) is 0.696. The predicted molar refractivity (Wildman–Crippen MR) is 108 cm³/mol. The Morgan fingerprint density at radius 1 is 1.19 bits per heavy atom. The van der Waals surface area contributed by atoms with Crippen LogP contribution in [-0.4, -0.2) is 78.8 Å².